The highest BCUT2D eigenvalue weighted by Gasteiger charge is 2.30. The molecule has 2 atom stereocenters. The van der Waals surface area contributed by atoms with E-state index in [1.54, 1.807) is 0 Å². The molecule has 39 heavy (non-hydrogen) atoms. The first-order valence-electron chi connectivity index (χ1n) is 14.1. The minimum Gasteiger partial charge on any atom is -0.457 e. The second-order valence-corrected chi connectivity index (χ2v) is 12.0. The van der Waals surface area contributed by atoms with Gasteiger partial charge in [0.25, 0.3) is 0 Å². The van der Waals surface area contributed by atoms with Gasteiger partial charge in [0.2, 0.25) is 0 Å². The fourth-order valence-electron chi connectivity index (χ4n) is 5.48. The minimum absolute atomic E-state index is 0.113. The Bertz CT molecular complexity index is 1320. The Morgan fingerprint density at radius 2 is 0.949 bits per heavy atom. The van der Waals surface area contributed by atoms with Crippen molar-refractivity contribution in [1.29, 1.82) is 0 Å². The van der Waals surface area contributed by atoms with Gasteiger partial charge in [-0.1, -0.05) is 113 Å². The third-order valence-electron chi connectivity index (χ3n) is 8.48. The maximum atomic E-state index is 6.73. The largest absolute Gasteiger partial charge is 0.457 e. The second kappa shape index (κ2) is 10.3. The summed E-state index contributed by atoms with van der Waals surface area (Å²) < 4.78 is 18.0. The highest BCUT2D eigenvalue weighted by Crippen LogP contribution is 2.40. The molecule has 0 aliphatic carbocycles. The molecule has 0 amide bonds. The number of epoxide rings is 2. The molecule has 6 rings (SSSR count). The molecule has 0 N–H and O–H groups in total. The second-order valence-electron chi connectivity index (χ2n) is 12.0. The van der Waals surface area contributed by atoms with Gasteiger partial charge >= 0.3 is 0 Å². The van der Waals surface area contributed by atoms with E-state index in [0.717, 1.165) is 37.6 Å². The molecule has 0 bridgehead atoms. The summed E-state index contributed by atoms with van der Waals surface area (Å²) in [6.45, 7) is 10.8. The maximum Gasteiger partial charge on any atom is 0.130 e. The lowest BCUT2D eigenvalue weighted by Gasteiger charge is -2.28. The van der Waals surface area contributed by atoms with E-state index in [0.29, 0.717) is 0 Å². The normalized spacial score (nSPS) is 18.6. The van der Waals surface area contributed by atoms with Crippen LogP contribution in [-0.2, 0) is 33.1 Å². The van der Waals surface area contributed by atoms with Gasteiger partial charge in [0.1, 0.15) is 11.5 Å². The van der Waals surface area contributed by atoms with Crippen molar-refractivity contribution in [2.24, 2.45) is 0 Å². The summed E-state index contributed by atoms with van der Waals surface area (Å²) in [5.74, 6) is 1.82. The fourth-order valence-corrected chi connectivity index (χ4v) is 5.48. The molecule has 2 fully saturated rings. The van der Waals surface area contributed by atoms with Crippen LogP contribution in [0, 0.1) is 0 Å². The molecule has 4 aromatic carbocycles. The number of benzene rings is 4. The highest BCUT2D eigenvalue weighted by molar-refractivity contribution is 5.50. The van der Waals surface area contributed by atoms with Crippen LogP contribution in [0.25, 0.3) is 0 Å². The van der Waals surface area contributed by atoms with Gasteiger partial charge < -0.3 is 14.2 Å². The third-order valence-corrected chi connectivity index (χ3v) is 8.48. The number of ether oxygens (including phenoxy) is 3. The molecule has 3 nitrogen and oxygen atoms in total. The topological polar surface area (TPSA) is 34.3 Å². The van der Waals surface area contributed by atoms with Gasteiger partial charge in [0.05, 0.1) is 25.4 Å². The summed E-state index contributed by atoms with van der Waals surface area (Å²) in [5, 5.41) is 0. The van der Waals surface area contributed by atoms with Crippen LogP contribution < -0.4 is 4.74 Å². The first kappa shape index (κ1) is 25.9. The van der Waals surface area contributed by atoms with Gasteiger partial charge in [0, 0.05) is 23.7 Å². The highest BCUT2D eigenvalue weighted by atomic mass is 16.6. The van der Waals surface area contributed by atoms with Crippen LogP contribution in [0.15, 0.2) is 97.1 Å². The molecule has 2 heterocycles. The van der Waals surface area contributed by atoms with E-state index in [1.165, 1.54) is 33.4 Å². The lowest BCUT2D eigenvalue weighted by atomic mass is 9.77. The Morgan fingerprint density at radius 3 is 1.31 bits per heavy atom. The summed E-state index contributed by atoms with van der Waals surface area (Å²) in [6.07, 6.45) is 2.26. The Balaban J connectivity index is 1.34. The van der Waals surface area contributed by atoms with Crippen molar-refractivity contribution in [1.82, 2.24) is 0 Å². The van der Waals surface area contributed by atoms with Crippen molar-refractivity contribution in [3.05, 3.63) is 130 Å². The van der Waals surface area contributed by atoms with E-state index < -0.39 is 0 Å². The Kier molecular flexibility index (Phi) is 6.82. The van der Waals surface area contributed by atoms with Gasteiger partial charge in [-0.05, 0) is 45.5 Å². The average molecular weight is 519 g/mol. The summed E-state index contributed by atoms with van der Waals surface area (Å²) in [5.41, 5.74) is 7.33. The molecule has 2 unspecified atom stereocenters. The van der Waals surface area contributed by atoms with Gasteiger partial charge in [0.15, 0.2) is 0 Å². The monoisotopic (exact) mass is 518 g/mol. The molecular formula is C36H38O3. The first-order valence-corrected chi connectivity index (χ1v) is 14.1. The van der Waals surface area contributed by atoms with Crippen LogP contribution in [0.5, 0.6) is 11.5 Å². The van der Waals surface area contributed by atoms with Crippen molar-refractivity contribution in [2.45, 2.75) is 63.6 Å². The molecule has 0 saturated carbocycles. The molecule has 3 heteroatoms. The Labute approximate surface area is 232 Å². The smallest absolute Gasteiger partial charge is 0.130 e. The molecule has 0 radical (unpaired) electrons. The van der Waals surface area contributed by atoms with Gasteiger partial charge in [-0.2, -0.15) is 0 Å². The van der Waals surface area contributed by atoms with Crippen molar-refractivity contribution in [2.75, 3.05) is 13.2 Å². The standard InChI is InChI=1S/C36H38O3/c1-35(2,27-11-7-5-8-12-27)29-15-17-33(25(19-29)21-31-23-37-31)39-34-18-16-30(20-26(34)22-32-24-38-32)36(3,4)28-13-9-6-10-14-28/h5-20,31-32H,21-24H2,1-4H3. The molecule has 2 saturated heterocycles. The first-order chi connectivity index (χ1) is 18.8. The van der Waals surface area contributed by atoms with Crippen molar-refractivity contribution in [3.8, 4) is 11.5 Å². The molecule has 2 aliphatic rings. The number of hydrogen-bond donors (Lipinski definition) is 0. The maximum absolute atomic E-state index is 6.73. The summed E-state index contributed by atoms with van der Waals surface area (Å²) >= 11 is 0. The Hall–Kier alpha value is -3.40. The molecule has 4 aromatic rings. The van der Waals surface area contributed by atoms with Crippen LogP contribution in [0.4, 0.5) is 0 Å². The number of rotatable bonds is 10. The van der Waals surface area contributed by atoms with Crippen molar-refractivity contribution in [3.63, 3.8) is 0 Å². The zero-order valence-corrected chi connectivity index (χ0v) is 23.4. The van der Waals surface area contributed by atoms with E-state index in [-0.39, 0.29) is 23.0 Å². The molecule has 0 spiro atoms. The lowest BCUT2D eigenvalue weighted by Crippen LogP contribution is -2.19. The molecule has 200 valence electrons. The van der Waals surface area contributed by atoms with Crippen LogP contribution >= 0.6 is 0 Å². The average Bonchev–Trinajstić information content (AvgIpc) is 3.89. The van der Waals surface area contributed by atoms with E-state index >= 15 is 0 Å². The van der Waals surface area contributed by atoms with E-state index in [1.807, 2.05) is 0 Å². The zero-order chi connectivity index (χ0) is 27.0. The SMILES string of the molecule is CC(C)(c1ccccc1)c1ccc(Oc2ccc(C(C)(C)c3ccccc3)cc2CC2CO2)c(CC2CO2)c1. The van der Waals surface area contributed by atoms with Gasteiger partial charge in [-0.3, -0.25) is 0 Å². The third kappa shape index (κ3) is 5.66. The fraction of sp³-hybridized carbons (Fsp3) is 0.333. The predicted octanol–water partition coefficient (Wildman–Crippen LogP) is 8.01. The molecular weight excluding hydrogens is 480 g/mol. The van der Waals surface area contributed by atoms with E-state index in [2.05, 4.69) is 125 Å². The molecule has 2 aliphatic heterocycles. The van der Waals surface area contributed by atoms with Crippen molar-refractivity contribution < 1.29 is 14.2 Å². The summed E-state index contributed by atoms with van der Waals surface area (Å²) in [4.78, 5) is 0. The Morgan fingerprint density at radius 1 is 0.564 bits per heavy atom. The van der Waals surface area contributed by atoms with Crippen molar-refractivity contribution >= 4 is 0 Å². The summed E-state index contributed by atoms with van der Waals surface area (Å²) in [7, 11) is 0. The van der Waals surface area contributed by atoms with Crippen LogP contribution in [0.1, 0.15) is 61.1 Å². The molecule has 0 aromatic heterocycles. The lowest BCUT2D eigenvalue weighted by molar-refractivity contribution is 0.398. The van der Waals surface area contributed by atoms with E-state index in [4.69, 9.17) is 14.2 Å². The van der Waals surface area contributed by atoms with Crippen LogP contribution in [0.2, 0.25) is 0 Å². The quantitative estimate of drug-likeness (QED) is 0.199. The number of hydrogen-bond acceptors (Lipinski definition) is 3. The van der Waals surface area contributed by atoms with E-state index in [9.17, 15) is 0 Å². The van der Waals surface area contributed by atoms with Gasteiger partial charge in [-0.25, -0.2) is 0 Å². The minimum atomic E-state index is -0.113. The van der Waals surface area contributed by atoms with Crippen LogP contribution in [-0.4, -0.2) is 25.4 Å². The zero-order valence-electron chi connectivity index (χ0n) is 23.4. The van der Waals surface area contributed by atoms with Crippen LogP contribution in [0.3, 0.4) is 0 Å². The predicted molar refractivity (Wildman–Crippen MR) is 157 cm³/mol. The van der Waals surface area contributed by atoms with Gasteiger partial charge in [-0.15, -0.1) is 0 Å². The summed E-state index contributed by atoms with van der Waals surface area (Å²) in [6, 6.07) is 34.8.